The first kappa shape index (κ1) is 22.6. The Morgan fingerprint density at radius 2 is 1.52 bits per heavy atom. The van der Waals surface area contributed by atoms with Crippen LogP contribution < -0.4 is 5.32 Å². The SMILES string of the molecule is C=C(C[C@@H](C(C)=O)[C@H](Nc1c(F)c(F)c(Cl)c(F)c1F)c1ccccc1)C(C)=O. The van der Waals surface area contributed by atoms with Gasteiger partial charge in [0.25, 0.3) is 0 Å². The molecule has 2 aromatic carbocycles. The first-order chi connectivity index (χ1) is 13.6. The summed E-state index contributed by atoms with van der Waals surface area (Å²) in [6, 6.07) is 6.97. The van der Waals surface area contributed by atoms with Crippen molar-refractivity contribution >= 4 is 28.9 Å². The quantitative estimate of drug-likeness (QED) is 0.251. The van der Waals surface area contributed by atoms with Crippen molar-refractivity contribution in [2.45, 2.75) is 26.3 Å². The van der Waals surface area contributed by atoms with Crippen LogP contribution in [0.4, 0.5) is 23.2 Å². The lowest BCUT2D eigenvalue weighted by Crippen LogP contribution is -2.28. The van der Waals surface area contributed by atoms with E-state index in [0.717, 1.165) is 0 Å². The maximum absolute atomic E-state index is 14.3. The molecule has 1 N–H and O–H groups in total. The van der Waals surface area contributed by atoms with E-state index in [9.17, 15) is 27.2 Å². The van der Waals surface area contributed by atoms with Gasteiger partial charge in [-0.1, -0.05) is 48.5 Å². The van der Waals surface area contributed by atoms with Gasteiger partial charge in [0, 0.05) is 5.92 Å². The highest BCUT2D eigenvalue weighted by Crippen LogP contribution is 2.37. The van der Waals surface area contributed by atoms with E-state index < -0.39 is 51.7 Å². The molecule has 0 aliphatic rings. The van der Waals surface area contributed by atoms with Gasteiger partial charge in [-0.15, -0.1) is 0 Å². The molecule has 0 unspecified atom stereocenters. The summed E-state index contributed by atoms with van der Waals surface area (Å²) >= 11 is 5.27. The Labute approximate surface area is 170 Å². The van der Waals surface area contributed by atoms with Crippen molar-refractivity contribution < 1.29 is 27.2 Å². The van der Waals surface area contributed by atoms with Crippen LogP contribution in [0, 0.1) is 29.2 Å². The fourth-order valence-electron chi connectivity index (χ4n) is 2.87. The highest BCUT2D eigenvalue weighted by molar-refractivity contribution is 6.31. The summed E-state index contributed by atoms with van der Waals surface area (Å²) in [5.41, 5.74) is -0.557. The molecular formula is C21H18ClF4NO2. The van der Waals surface area contributed by atoms with E-state index in [1.54, 1.807) is 30.3 Å². The van der Waals surface area contributed by atoms with Gasteiger partial charge in [0.1, 0.15) is 16.5 Å². The Bertz CT molecular complexity index is 934. The number of benzene rings is 2. The minimum absolute atomic E-state index is 0.112. The van der Waals surface area contributed by atoms with E-state index in [-0.39, 0.29) is 17.8 Å². The lowest BCUT2D eigenvalue weighted by molar-refractivity contribution is -0.121. The molecular weight excluding hydrogens is 410 g/mol. The zero-order valence-electron chi connectivity index (χ0n) is 15.7. The summed E-state index contributed by atoms with van der Waals surface area (Å²) in [6.45, 7) is 6.13. The summed E-state index contributed by atoms with van der Waals surface area (Å²) < 4.78 is 56.5. The normalized spacial score (nSPS) is 12.9. The molecule has 0 aromatic heterocycles. The third-order valence-electron chi connectivity index (χ3n) is 4.56. The smallest absolute Gasteiger partial charge is 0.186 e. The maximum Gasteiger partial charge on any atom is 0.186 e. The number of allylic oxidation sites excluding steroid dienone is 1. The number of anilines is 1. The molecule has 0 saturated heterocycles. The van der Waals surface area contributed by atoms with Crippen LogP contribution in [0.1, 0.15) is 31.9 Å². The Kier molecular flexibility index (Phi) is 7.19. The molecule has 2 atom stereocenters. The second-order valence-corrected chi connectivity index (χ2v) is 6.94. The minimum Gasteiger partial charge on any atom is -0.373 e. The first-order valence-electron chi connectivity index (χ1n) is 8.58. The molecule has 29 heavy (non-hydrogen) atoms. The third kappa shape index (κ3) is 4.85. The van der Waals surface area contributed by atoms with Gasteiger partial charge in [-0.05, 0) is 31.4 Å². The number of nitrogens with one attached hydrogen (secondary N) is 1. The van der Waals surface area contributed by atoms with E-state index in [1.165, 1.54) is 13.8 Å². The molecule has 0 saturated carbocycles. The van der Waals surface area contributed by atoms with Crippen LogP contribution in [-0.2, 0) is 9.59 Å². The average Bonchev–Trinajstić information content (AvgIpc) is 2.70. The predicted molar refractivity (Wildman–Crippen MR) is 103 cm³/mol. The van der Waals surface area contributed by atoms with Crippen LogP contribution in [-0.4, -0.2) is 11.6 Å². The Balaban J connectivity index is 2.60. The van der Waals surface area contributed by atoms with Crippen molar-refractivity contribution in [1.82, 2.24) is 0 Å². The molecule has 0 bridgehead atoms. The minimum atomic E-state index is -1.76. The zero-order valence-corrected chi connectivity index (χ0v) is 16.4. The van der Waals surface area contributed by atoms with Crippen LogP contribution >= 0.6 is 11.6 Å². The van der Waals surface area contributed by atoms with E-state index in [1.807, 2.05) is 0 Å². The van der Waals surface area contributed by atoms with Crippen LogP contribution in [0.5, 0.6) is 0 Å². The second-order valence-electron chi connectivity index (χ2n) is 6.56. The zero-order chi connectivity index (χ0) is 21.9. The van der Waals surface area contributed by atoms with Crippen LogP contribution in [0.2, 0.25) is 5.02 Å². The van der Waals surface area contributed by atoms with Gasteiger partial charge < -0.3 is 5.32 Å². The van der Waals surface area contributed by atoms with E-state index in [0.29, 0.717) is 5.56 Å². The van der Waals surface area contributed by atoms with E-state index in [4.69, 9.17) is 11.6 Å². The number of rotatable bonds is 8. The van der Waals surface area contributed by atoms with Gasteiger partial charge in [0.2, 0.25) is 0 Å². The molecule has 0 aliphatic carbocycles. The molecule has 0 aliphatic heterocycles. The Morgan fingerprint density at radius 3 is 1.97 bits per heavy atom. The molecule has 0 spiro atoms. The molecule has 8 heteroatoms. The molecule has 0 heterocycles. The predicted octanol–water partition coefficient (Wildman–Crippen LogP) is 5.79. The lowest BCUT2D eigenvalue weighted by Gasteiger charge is -2.28. The number of hydrogen-bond acceptors (Lipinski definition) is 3. The molecule has 154 valence electrons. The Hall–Kier alpha value is -2.67. The highest BCUT2D eigenvalue weighted by Gasteiger charge is 2.32. The van der Waals surface area contributed by atoms with Crippen molar-refractivity contribution in [2.24, 2.45) is 5.92 Å². The fourth-order valence-corrected chi connectivity index (χ4v) is 3.04. The first-order valence-corrected chi connectivity index (χ1v) is 8.96. The number of carbonyl (C=O) groups is 2. The number of hydrogen-bond donors (Lipinski definition) is 1. The van der Waals surface area contributed by atoms with Crippen LogP contribution in [0.3, 0.4) is 0 Å². The largest absolute Gasteiger partial charge is 0.373 e. The van der Waals surface area contributed by atoms with Gasteiger partial charge in [-0.25, -0.2) is 17.6 Å². The number of Topliss-reactive ketones (excluding diaryl/α,β-unsaturated/α-hetero) is 2. The van der Waals surface area contributed by atoms with Crippen molar-refractivity contribution in [1.29, 1.82) is 0 Å². The summed E-state index contributed by atoms with van der Waals surface area (Å²) in [5.74, 6) is -8.72. The molecule has 2 rings (SSSR count). The number of halogens is 5. The summed E-state index contributed by atoms with van der Waals surface area (Å²) in [7, 11) is 0. The Morgan fingerprint density at radius 1 is 1.00 bits per heavy atom. The monoisotopic (exact) mass is 427 g/mol. The van der Waals surface area contributed by atoms with Gasteiger partial charge in [0.05, 0.1) is 6.04 Å². The van der Waals surface area contributed by atoms with E-state index in [2.05, 4.69) is 11.9 Å². The maximum atomic E-state index is 14.3. The van der Waals surface area contributed by atoms with Gasteiger partial charge >= 0.3 is 0 Å². The number of ketones is 2. The van der Waals surface area contributed by atoms with Gasteiger partial charge in [-0.3, -0.25) is 9.59 Å². The average molecular weight is 428 g/mol. The molecule has 0 fully saturated rings. The van der Waals surface area contributed by atoms with Crippen molar-refractivity contribution in [2.75, 3.05) is 5.32 Å². The fraction of sp³-hybridized carbons (Fsp3) is 0.238. The van der Waals surface area contributed by atoms with Crippen molar-refractivity contribution in [3.63, 3.8) is 0 Å². The molecule has 0 amide bonds. The standard InChI is InChI=1S/C21H18ClF4NO2/c1-10(11(2)28)9-14(12(3)29)20(13-7-5-4-6-8-13)27-21-18(25)16(23)15(22)17(24)19(21)26/h4-8,14,20,27H,1,9H2,2-3H3/t14-,20+/m0/s1. The van der Waals surface area contributed by atoms with Crippen LogP contribution in [0.15, 0.2) is 42.5 Å². The molecule has 0 radical (unpaired) electrons. The summed E-state index contributed by atoms with van der Waals surface area (Å²) in [4.78, 5) is 23.9. The van der Waals surface area contributed by atoms with Crippen molar-refractivity contribution in [3.8, 4) is 0 Å². The third-order valence-corrected chi connectivity index (χ3v) is 4.89. The summed E-state index contributed by atoms with van der Waals surface area (Å²) in [6.07, 6.45) is -0.112. The van der Waals surface area contributed by atoms with Crippen LogP contribution in [0.25, 0.3) is 0 Å². The number of carbonyl (C=O) groups excluding carboxylic acids is 2. The van der Waals surface area contributed by atoms with Crippen molar-refractivity contribution in [3.05, 3.63) is 76.3 Å². The lowest BCUT2D eigenvalue weighted by atomic mass is 9.84. The summed E-state index contributed by atoms with van der Waals surface area (Å²) in [5, 5.41) is 1.09. The molecule has 2 aromatic rings. The van der Waals surface area contributed by atoms with Gasteiger partial charge in [-0.2, -0.15) is 0 Å². The van der Waals surface area contributed by atoms with E-state index >= 15 is 0 Å². The second kappa shape index (κ2) is 9.22. The highest BCUT2D eigenvalue weighted by atomic mass is 35.5. The van der Waals surface area contributed by atoms with Gasteiger partial charge in [0.15, 0.2) is 29.1 Å². The topological polar surface area (TPSA) is 46.2 Å². The molecule has 3 nitrogen and oxygen atoms in total.